The van der Waals surface area contributed by atoms with Crippen LogP contribution >= 0.6 is 24.0 Å². The van der Waals surface area contributed by atoms with Crippen molar-refractivity contribution < 1.29 is 14.2 Å². The minimum absolute atomic E-state index is 0. The van der Waals surface area contributed by atoms with E-state index in [2.05, 4.69) is 48.1 Å². The lowest BCUT2D eigenvalue weighted by Crippen LogP contribution is -2.47. The monoisotopic (exact) mass is 533 g/mol. The van der Waals surface area contributed by atoms with Gasteiger partial charge in [0.25, 0.3) is 0 Å². The minimum Gasteiger partial charge on any atom is -0.491 e. The van der Waals surface area contributed by atoms with Gasteiger partial charge in [-0.3, -0.25) is 4.99 Å². The molecule has 6 nitrogen and oxygen atoms in total. The molecule has 0 saturated carbocycles. The maximum absolute atomic E-state index is 6.06. The van der Waals surface area contributed by atoms with Crippen LogP contribution in [0.25, 0.3) is 0 Å². The number of ether oxygens (including phenoxy) is 3. The van der Waals surface area contributed by atoms with Gasteiger partial charge in [-0.15, -0.1) is 24.0 Å². The number of piperidine rings is 1. The zero-order chi connectivity index (χ0) is 21.1. The van der Waals surface area contributed by atoms with Gasteiger partial charge in [-0.05, 0) is 36.3 Å². The van der Waals surface area contributed by atoms with Gasteiger partial charge in [0.1, 0.15) is 12.4 Å². The summed E-state index contributed by atoms with van der Waals surface area (Å²) in [4.78, 5) is 6.75. The molecule has 0 radical (unpaired) electrons. The molecule has 1 aliphatic rings. The Morgan fingerprint density at radius 1 is 1.13 bits per heavy atom. The van der Waals surface area contributed by atoms with Gasteiger partial charge in [-0.25, -0.2) is 0 Å². The molecule has 0 aliphatic carbocycles. The first kappa shape index (κ1) is 27.0. The molecule has 1 aromatic carbocycles. The summed E-state index contributed by atoms with van der Waals surface area (Å²) in [5.41, 5.74) is 1.30. The fourth-order valence-electron chi connectivity index (χ4n) is 3.56. The minimum atomic E-state index is 0. The lowest BCUT2D eigenvalue weighted by Gasteiger charge is -2.34. The van der Waals surface area contributed by atoms with E-state index in [1.807, 2.05) is 19.2 Å². The molecular formula is C23H40IN3O3. The molecular weight excluding hydrogens is 493 g/mol. The summed E-state index contributed by atoms with van der Waals surface area (Å²) in [6, 6.07) is 8.28. The molecule has 2 rings (SSSR count). The quantitative estimate of drug-likeness (QED) is 0.225. The number of methoxy groups -OCH3 is 1. The first-order chi connectivity index (χ1) is 14.0. The molecule has 0 unspecified atom stereocenters. The van der Waals surface area contributed by atoms with Gasteiger partial charge in [0, 0.05) is 40.5 Å². The van der Waals surface area contributed by atoms with Crippen LogP contribution in [0.4, 0.5) is 0 Å². The summed E-state index contributed by atoms with van der Waals surface area (Å²) < 4.78 is 17.1. The van der Waals surface area contributed by atoms with Crippen LogP contribution in [0.2, 0.25) is 0 Å². The molecule has 1 heterocycles. The number of hydrogen-bond acceptors (Lipinski definition) is 4. The van der Waals surface area contributed by atoms with Crippen LogP contribution in [-0.4, -0.2) is 70.6 Å². The fourth-order valence-corrected chi connectivity index (χ4v) is 3.56. The van der Waals surface area contributed by atoms with E-state index in [1.54, 1.807) is 7.11 Å². The number of guanidine groups is 1. The van der Waals surface area contributed by atoms with Gasteiger partial charge in [0.2, 0.25) is 0 Å². The molecule has 1 aliphatic heterocycles. The maximum Gasteiger partial charge on any atom is 0.193 e. The summed E-state index contributed by atoms with van der Waals surface area (Å²) in [7, 11) is 3.57. The van der Waals surface area contributed by atoms with Crippen molar-refractivity contribution in [2.75, 3.05) is 53.6 Å². The van der Waals surface area contributed by atoms with Gasteiger partial charge < -0.3 is 24.4 Å². The molecule has 1 saturated heterocycles. The zero-order valence-corrected chi connectivity index (χ0v) is 21.6. The van der Waals surface area contributed by atoms with Gasteiger partial charge in [0.05, 0.1) is 12.6 Å². The molecule has 172 valence electrons. The predicted molar refractivity (Wildman–Crippen MR) is 134 cm³/mol. The first-order valence-electron chi connectivity index (χ1n) is 10.7. The molecule has 0 bridgehead atoms. The Morgan fingerprint density at radius 3 is 2.47 bits per heavy atom. The Labute approximate surface area is 199 Å². The van der Waals surface area contributed by atoms with E-state index in [9.17, 15) is 0 Å². The third kappa shape index (κ3) is 8.98. The lowest BCUT2D eigenvalue weighted by molar-refractivity contribution is 0.00989. The first-order valence-corrected chi connectivity index (χ1v) is 10.7. The number of nitrogens with one attached hydrogen (secondary N) is 1. The Hall–Kier alpha value is -1.06. The van der Waals surface area contributed by atoms with E-state index >= 15 is 0 Å². The van der Waals surface area contributed by atoms with Gasteiger partial charge in [0.15, 0.2) is 5.96 Å². The summed E-state index contributed by atoms with van der Waals surface area (Å²) >= 11 is 0. The van der Waals surface area contributed by atoms with Crippen LogP contribution in [-0.2, 0) is 14.9 Å². The summed E-state index contributed by atoms with van der Waals surface area (Å²) in [6.45, 7) is 11.4. The highest BCUT2D eigenvalue weighted by Gasteiger charge is 2.22. The number of benzene rings is 1. The van der Waals surface area contributed by atoms with Crippen molar-refractivity contribution in [1.29, 1.82) is 0 Å². The van der Waals surface area contributed by atoms with Crippen molar-refractivity contribution in [3.63, 3.8) is 0 Å². The second-order valence-corrected chi connectivity index (χ2v) is 8.47. The molecule has 0 spiro atoms. The highest BCUT2D eigenvalue weighted by atomic mass is 127. The third-order valence-electron chi connectivity index (χ3n) is 5.14. The normalized spacial score (nSPS) is 15.6. The Morgan fingerprint density at radius 2 is 1.83 bits per heavy atom. The second-order valence-electron chi connectivity index (χ2n) is 8.47. The number of nitrogens with zero attached hydrogens (tertiary/aromatic N) is 2. The van der Waals surface area contributed by atoms with Crippen molar-refractivity contribution in [3.8, 4) is 5.75 Å². The number of hydrogen-bond donors (Lipinski definition) is 1. The van der Waals surface area contributed by atoms with Crippen molar-refractivity contribution in [1.82, 2.24) is 10.2 Å². The van der Waals surface area contributed by atoms with Crippen molar-refractivity contribution in [2.24, 2.45) is 4.99 Å². The third-order valence-corrected chi connectivity index (χ3v) is 5.14. The predicted octanol–water partition coefficient (Wildman–Crippen LogP) is 4.07. The van der Waals surface area contributed by atoms with E-state index < -0.39 is 0 Å². The molecule has 0 aromatic heterocycles. The number of halogens is 1. The molecule has 0 amide bonds. The van der Waals surface area contributed by atoms with E-state index in [4.69, 9.17) is 14.2 Å². The van der Waals surface area contributed by atoms with Gasteiger partial charge in [-0.2, -0.15) is 0 Å². The highest BCUT2D eigenvalue weighted by molar-refractivity contribution is 14.0. The molecule has 1 fully saturated rings. The van der Waals surface area contributed by atoms with Gasteiger partial charge in [-0.1, -0.05) is 39.0 Å². The van der Waals surface area contributed by atoms with E-state index in [1.165, 1.54) is 5.56 Å². The van der Waals surface area contributed by atoms with Crippen LogP contribution in [0.5, 0.6) is 5.75 Å². The van der Waals surface area contributed by atoms with E-state index in [0.29, 0.717) is 12.7 Å². The SMILES string of the molecule is CN=C(NCCOc1ccccc1C(C)(C)C)N1CCC(OCCCOC)CC1.I. The summed E-state index contributed by atoms with van der Waals surface area (Å²) in [5, 5.41) is 3.44. The standard InChI is InChI=1S/C23H39N3O3.HI/c1-23(2,3)20-9-6-7-10-21(20)29-18-13-25-22(24-4)26-14-11-19(12-15-26)28-17-8-16-27-5;/h6-7,9-10,19H,8,11-18H2,1-5H3,(H,24,25);1H. The summed E-state index contributed by atoms with van der Waals surface area (Å²) in [6.07, 6.45) is 3.36. The van der Waals surface area contributed by atoms with E-state index in [-0.39, 0.29) is 29.4 Å². The van der Waals surface area contributed by atoms with Gasteiger partial charge >= 0.3 is 0 Å². The average molecular weight is 533 g/mol. The number of likely N-dealkylation sites (tertiary alicyclic amines) is 1. The Balaban J connectivity index is 0.00000450. The van der Waals surface area contributed by atoms with Crippen LogP contribution in [0, 0.1) is 0 Å². The zero-order valence-electron chi connectivity index (χ0n) is 19.3. The fraction of sp³-hybridized carbons (Fsp3) is 0.696. The molecule has 0 atom stereocenters. The summed E-state index contributed by atoms with van der Waals surface area (Å²) in [5.74, 6) is 1.90. The van der Waals surface area contributed by atoms with Crippen LogP contribution in [0.15, 0.2) is 29.3 Å². The van der Waals surface area contributed by atoms with Crippen LogP contribution < -0.4 is 10.1 Å². The largest absolute Gasteiger partial charge is 0.491 e. The van der Waals surface area contributed by atoms with E-state index in [0.717, 1.165) is 63.8 Å². The Kier molecular flexibility index (Phi) is 12.7. The second kappa shape index (κ2) is 14.1. The number of aliphatic imine (C=N–C) groups is 1. The van der Waals surface area contributed by atoms with Crippen molar-refractivity contribution in [3.05, 3.63) is 29.8 Å². The van der Waals surface area contributed by atoms with Crippen molar-refractivity contribution in [2.45, 2.75) is 51.6 Å². The molecule has 1 N–H and O–H groups in total. The maximum atomic E-state index is 6.06. The number of para-hydroxylation sites is 1. The average Bonchev–Trinajstić information content (AvgIpc) is 2.71. The smallest absolute Gasteiger partial charge is 0.193 e. The number of rotatable bonds is 9. The molecule has 7 heteroatoms. The van der Waals surface area contributed by atoms with Crippen LogP contribution in [0.1, 0.15) is 45.6 Å². The molecule has 1 aromatic rings. The Bertz CT molecular complexity index is 626. The molecule has 30 heavy (non-hydrogen) atoms. The van der Waals surface area contributed by atoms with Crippen LogP contribution in [0.3, 0.4) is 0 Å². The highest BCUT2D eigenvalue weighted by Crippen LogP contribution is 2.30. The topological polar surface area (TPSA) is 55.3 Å². The lowest BCUT2D eigenvalue weighted by atomic mass is 9.86. The van der Waals surface area contributed by atoms with Crippen molar-refractivity contribution >= 4 is 29.9 Å².